The van der Waals surface area contributed by atoms with E-state index in [1.807, 2.05) is 19.2 Å². The maximum atomic E-state index is 5.83. The SMILES string of the molecule is Cc1cnc(OC2CCC(N)C2)c(Br)c1. The number of nitrogens with zero attached hydrogens (tertiary/aromatic N) is 1. The second kappa shape index (κ2) is 4.49. The molecule has 2 N–H and O–H groups in total. The summed E-state index contributed by atoms with van der Waals surface area (Å²) in [6.07, 6.45) is 5.06. The van der Waals surface area contributed by atoms with Crippen molar-refractivity contribution in [2.24, 2.45) is 5.73 Å². The van der Waals surface area contributed by atoms with Crippen molar-refractivity contribution in [3.05, 3.63) is 22.3 Å². The summed E-state index contributed by atoms with van der Waals surface area (Å²) < 4.78 is 6.71. The van der Waals surface area contributed by atoms with Crippen molar-refractivity contribution < 1.29 is 4.74 Å². The van der Waals surface area contributed by atoms with Gasteiger partial charge in [-0.05, 0) is 53.7 Å². The van der Waals surface area contributed by atoms with E-state index in [0.717, 1.165) is 29.3 Å². The lowest BCUT2D eigenvalue weighted by atomic mass is 10.3. The van der Waals surface area contributed by atoms with Crippen LogP contribution in [0.1, 0.15) is 24.8 Å². The van der Waals surface area contributed by atoms with Crippen LogP contribution in [0, 0.1) is 6.92 Å². The summed E-state index contributed by atoms with van der Waals surface area (Å²) in [5.41, 5.74) is 6.95. The molecule has 1 aromatic heterocycles. The van der Waals surface area contributed by atoms with Gasteiger partial charge in [0.05, 0.1) is 4.47 Å². The maximum Gasteiger partial charge on any atom is 0.228 e. The molecule has 1 aromatic rings. The minimum atomic E-state index is 0.228. The van der Waals surface area contributed by atoms with E-state index in [1.54, 1.807) is 0 Å². The second-order valence-electron chi connectivity index (χ2n) is 4.11. The average molecular weight is 271 g/mol. The summed E-state index contributed by atoms with van der Waals surface area (Å²) in [6, 6.07) is 2.30. The van der Waals surface area contributed by atoms with E-state index in [-0.39, 0.29) is 6.10 Å². The summed E-state index contributed by atoms with van der Waals surface area (Å²) in [6.45, 7) is 2.01. The highest BCUT2D eigenvalue weighted by atomic mass is 79.9. The molecule has 82 valence electrons. The Morgan fingerprint density at radius 1 is 1.53 bits per heavy atom. The van der Waals surface area contributed by atoms with Gasteiger partial charge in [0, 0.05) is 12.2 Å². The Morgan fingerprint density at radius 3 is 2.93 bits per heavy atom. The Labute approximate surface area is 98.2 Å². The van der Waals surface area contributed by atoms with Gasteiger partial charge in [-0.25, -0.2) is 4.98 Å². The van der Waals surface area contributed by atoms with Crippen LogP contribution in [0.4, 0.5) is 0 Å². The first-order valence-corrected chi connectivity index (χ1v) is 5.99. The summed E-state index contributed by atoms with van der Waals surface area (Å²) in [4.78, 5) is 4.26. The van der Waals surface area contributed by atoms with Crippen molar-refractivity contribution in [3.8, 4) is 5.88 Å². The van der Waals surface area contributed by atoms with Gasteiger partial charge in [0.15, 0.2) is 0 Å². The van der Waals surface area contributed by atoms with Crippen LogP contribution in [0.15, 0.2) is 16.7 Å². The van der Waals surface area contributed by atoms with Crippen LogP contribution in [-0.2, 0) is 0 Å². The minimum Gasteiger partial charge on any atom is -0.473 e. The number of aryl methyl sites for hydroxylation is 1. The highest BCUT2D eigenvalue weighted by Crippen LogP contribution is 2.28. The quantitative estimate of drug-likeness (QED) is 0.898. The summed E-state index contributed by atoms with van der Waals surface area (Å²) >= 11 is 3.45. The molecule has 1 fully saturated rings. The number of nitrogens with two attached hydrogens (primary N) is 1. The molecule has 0 spiro atoms. The zero-order chi connectivity index (χ0) is 10.8. The normalized spacial score (nSPS) is 25.5. The lowest BCUT2D eigenvalue weighted by Gasteiger charge is -2.13. The highest BCUT2D eigenvalue weighted by Gasteiger charge is 2.24. The third-order valence-electron chi connectivity index (χ3n) is 2.65. The molecule has 1 aliphatic carbocycles. The first kappa shape index (κ1) is 10.9. The van der Waals surface area contributed by atoms with E-state index in [2.05, 4.69) is 20.9 Å². The van der Waals surface area contributed by atoms with E-state index < -0.39 is 0 Å². The number of halogens is 1. The van der Waals surface area contributed by atoms with Crippen LogP contribution >= 0.6 is 15.9 Å². The lowest BCUT2D eigenvalue weighted by Crippen LogP contribution is -2.19. The molecule has 1 saturated carbocycles. The molecule has 0 saturated heterocycles. The molecule has 2 atom stereocenters. The van der Waals surface area contributed by atoms with Crippen LogP contribution in [-0.4, -0.2) is 17.1 Å². The topological polar surface area (TPSA) is 48.1 Å². The van der Waals surface area contributed by atoms with Crippen molar-refractivity contribution in [2.45, 2.75) is 38.3 Å². The molecule has 1 heterocycles. The smallest absolute Gasteiger partial charge is 0.228 e. The molecular formula is C11H15BrN2O. The first-order valence-electron chi connectivity index (χ1n) is 5.19. The maximum absolute atomic E-state index is 5.83. The van der Waals surface area contributed by atoms with Crippen molar-refractivity contribution in [3.63, 3.8) is 0 Å². The molecule has 0 bridgehead atoms. The molecule has 1 aliphatic rings. The number of pyridine rings is 1. The fourth-order valence-electron chi connectivity index (χ4n) is 1.85. The molecule has 4 heteroatoms. The zero-order valence-electron chi connectivity index (χ0n) is 8.74. The van der Waals surface area contributed by atoms with Gasteiger partial charge in [-0.1, -0.05) is 0 Å². The van der Waals surface area contributed by atoms with Crippen molar-refractivity contribution in [1.82, 2.24) is 4.98 Å². The monoisotopic (exact) mass is 270 g/mol. The number of hydrogen-bond acceptors (Lipinski definition) is 3. The Bertz CT molecular complexity index is 356. The molecule has 0 radical (unpaired) electrons. The van der Waals surface area contributed by atoms with Crippen LogP contribution in [0.3, 0.4) is 0 Å². The molecule has 0 aliphatic heterocycles. The number of ether oxygens (including phenoxy) is 1. The summed E-state index contributed by atoms with van der Waals surface area (Å²) in [7, 11) is 0. The van der Waals surface area contributed by atoms with E-state index in [1.165, 1.54) is 0 Å². The number of hydrogen-bond donors (Lipinski definition) is 1. The van der Waals surface area contributed by atoms with Gasteiger partial charge in [-0.3, -0.25) is 0 Å². The van der Waals surface area contributed by atoms with Gasteiger partial charge in [-0.15, -0.1) is 0 Å². The molecular weight excluding hydrogens is 256 g/mol. The fraction of sp³-hybridized carbons (Fsp3) is 0.545. The Hall–Kier alpha value is -0.610. The molecule has 0 amide bonds. The third kappa shape index (κ3) is 2.69. The molecule has 2 rings (SSSR count). The molecule has 3 nitrogen and oxygen atoms in total. The Balaban J connectivity index is 2.04. The Morgan fingerprint density at radius 2 is 2.33 bits per heavy atom. The predicted octanol–water partition coefficient (Wildman–Crippen LogP) is 2.41. The van der Waals surface area contributed by atoms with Gasteiger partial charge in [0.1, 0.15) is 6.10 Å². The van der Waals surface area contributed by atoms with Crippen LogP contribution in [0.2, 0.25) is 0 Å². The summed E-state index contributed by atoms with van der Waals surface area (Å²) in [5, 5.41) is 0. The lowest BCUT2D eigenvalue weighted by molar-refractivity contribution is 0.198. The van der Waals surface area contributed by atoms with E-state index >= 15 is 0 Å². The average Bonchev–Trinajstić information content (AvgIpc) is 2.56. The van der Waals surface area contributed by atoms with Crippen LogP contribution in [0.25, 0.3) is 0 Å². The van der Waals surface area contributed by atoms with Crippen molar-refractivity contribution >= 4 is 15.9 Å². The van der Waals surface area contributed by atoms with Gasteiger partial charge >= 0.3 is 0 Å². The van der Waals surface area contributed by atoms with Crippen molar-refractivity contribution in [1.29, 1.82) is 0 Å². The second-order valence-corrected chi connectivity index (χ2v) is 4.97. The largest absolute Gasteiger partial charge is 0.473 e. The van der Waals surface area contributed by atoms with E-state index in [4.69, 9.17) is 10.5 Å². The highest BCUT2D eigenvalue weighted by molar-refractivity contribution is 9.10. The Kier molecular flexibility index (Phi) is 3.26. The van der Waals surface area contributed by atoms with Gasteiger partial charge in [0.25, 0.3) is 0 Å². The van der Waals surface area contributed by atoms with Crippen LogP contribution in [0.5, 0.6) is 5.88 Å². The van der Waals surface area contributed by atoms with Gasteiger partial charge in [0.2, 0.25) is 5.88 Å². The zero-order valence-corrected chi connectivity index (χ0v) is 10.3. The molecule has 2 unspecified atom stereocenters. The van der Waals surface area contributed by atoms with Crippen LogP contribution < -0.4 is 10.5 Å². The fourth-order valence-corrected chi connectivity index (χ4v) is 2.40. The molecule has 0 aromatic carbocycles. The number of rotatable bonds is 2. The first-order chi connectivity index (χ1) is 7.15. The van der Waals surface area contributed by atoms with E-state index in [0.29, 0.717) is 11.9 Å². The van der Waals surface area contributed by atoms with E-state index in [9.17, 15) is 0 Å². The minimum absolute atomic E-state index is 0.228. The standard InChI is InChI=1S/C11H15BrN2O/c1-7-4-10(12)11(14-6-7)15-9-3-2-8(13)5-9/h4,6,8-9H,2-3,5,13H2,1H3. The molecule has 15 heavy (non-hydrogen) atoms. The summed E-state index contributed by atoms with van der Waals surface area (Å²) in [5.74, 6) is 0.680. The van der Waals surface area contributed by atoms with Gasteiger partial charge in [-0.2, -0.15) is 0 Å². The van der Waals surface area contributed by atoms with Crippen molar-refractivity contribution in [2.75, 3.05) is 0 Å². The number of aromatic nitrogens is 1. The third-order valence-corrected chi connectivity index (χ3v) is 3.22. The van der Waals surface area contributed by atoms with Gasteiger partial charge < -0.3 is 10.5 Å². The predicted molar refractivity (Wildman–Crippen MR) is 62.9 cm³/mol.